The monoisotopic (exact) mass is 312 g/mol. The zero-order chi connectivity index (χ0) is 16.7. The van der Waals surface area contributed by atoms with Crippen LogP contribution in [0.2, 0.25) is 0 Å². The van der Waals surface area contributed by atoms with E-state index in [4.69, 9.17) is 27.4 Å². The third-order valence-electron chi connectivity index (χ3n) is 2.56. The van der Waals surface area contributed by atoms with E-state index in [-0.39, 0.29) is 11.9 Å². The van der Waals surface area contributed by atoms with Crippen molar-refractivity contribution in [1.29, 1.82) is 0 Å². The largest absolute Gasteiger partial charge is 0.455 e. The Labute approximate surface area is 132 Å². The third-order valence-corrected chi connectivity index (χ3v) is 2.56. The molecule has 1 aromatic heterocycles. The Balaban J connectivity index is 2.09. The van der Waals surface area contributed by atoms with Crippen molar-refractivity contribution in [2.24, 2.45) is 43.3 Å². The highest BCUT2D eigenvalue weighted by atomic mass is 16.3. The Morgan fingerprint density at radius 1 is 0.783 bits per heavy atom. The molecule has 9 heteroatoms. The van der Waals surface area contributed by atoms with Crippen LogP contribution in [-0.2, 0) is 0 Å². The first-order valence-corrected chi connectivity index (χ1v) is 6.49. The van der Waals surface area contributed by atoms with Gasteiger partial charge in [-0.3, -0.25) is 0 Å². The lowest BCUT2D eigenvalue weighted by atomic mass is 10.1. The first kappa shape index (κ1) is 15.8. The Morgan fingerprint density at radius 3 is 2.00 bits per heavy atom. The van der Waals surface area contributed by atoms with Gasteiger partial charge in [0.1, 0.15) is 11.5 Å². The molecule has 1 aromatic carbocycles. The predicted octanol–water partition coefficient (Wildman–Crippen LogP) is 0.161. The molecule has 0 bridgehead atoms. The maximum Gasteiger partial charge on any atom is 0.211 e. The summed E-state index contributed by atoms with van der Waals surface area (Å²) >= 11 is 0. The molecule has 0 radical (unpaired) electrons. The molecule has 0 fully saturated rings. The zero-order valence-electron chi connectivity index (χ0n) is 12.1. The molecule has 118 valence electrons. The maximum absolute atomic E-state index is 5.62. The minimum Gasteiger partial charge on any atom is -0.455 e. The van der Waals surface area contributed by atoms with Crippen molar-refractivity contribution in [3.8, 4) is 11.3 Å². The predicted molar refractivity (Wildman–Crippen MR) is 91.0 cm³/mol. The van der Waals surface area contributed by atoms with Gasteiger partial charge in [0, 0.05) is 5.56 Å². The van der Waals surface area contributed by atoms with Crippen molar-refractivity contribution in [3.05, 3.63) is 47.7 Å². The number of nitrogens with two attached hydrogens (primary N) is 4. The number of hydrogen-bond acceptors (Lipinski definition) is 5. The fraction of sp³-hybridized carbons (Fsp3) is 0. The van der Waals surface area contributed by atoms with Crippen LogP contribution in [0.1, 0.15) is 11.3 Å². The summed E-state index contributed by atoms with van der Waals surface area (Å²) in [5, 5.41) is 14.4. The van der Waals surface area contributed by atoms with Crippen LogP contribution in [0.4, 0.5) is 0 Å². The number of nitrogens with zero attached hydrogens (tertiary/aromatic N) is 4. The van der Waals surface area contributed by atoms with Gasteiger partial charge in [-0.25, -0.2) is 0 Å². The molecule has 0 saturated carbocycles. The Hall–Kier alpha value is -3.62. The lowest BCUT2D eigenvalue weighted by Gasteiger charge is -1.97. The van der Waals surface area contributed by atoms with Crippen molar-refractivity contribution < 1.29 is 4.42 Å². The molecule has 0 atom stereocenters. The lowest BCUT2D eigenvalue weighted by molar-refractivity contribution is 0.575. The molecule has 0 aliphatic heterocycles. The summed E-state index contributed by atoms with van der Waals surface area (Å²) in [7, 11) is 0. The Bertz CT molecular complexity index is 762. The van der Waals surface area contributed by atoms with Crippen LogP contribution in [0.15, 0.2) is 61.2 Å². The normalized spacial score (nSPS) is 11.0. The van der Waals surface area contributed by atoms with Gasteiger partial charge in [-0.1, -0.05) is 24.3 Å². The van der Waals surface area contributed by atoms with Crippen molar-refractivity contribution >= 4 is 24.3 Å². The first-order valence-electron chi connectivity index (χ1n) is 6.49. The highest BCUT2D eigenvalue weighted by molar-refractivity contribution is 5.83. The molecule has 1 heterocycles. The van der Waals surface area contributed by atoms with E-state index < -0.39 is 0 Å². The molecule has 23 heavy (non-hydrogen) atoms. The van der Waals surface area contributed by atoms with E-state index in [0.717, 1.165) is 11.1 Å². The second-order valence-electron chi connectivity index (χ2n) is 4.36. The minimum absolute atomic E-state index is 0.0941. The third kappa shape index (κ3) is 5.01. The summed E-state index contributed by atoms with van der Waals surface area (Å²) in [6.45, 7) is 0. The van der Waals surface area contributed by atoms with Crippen LogP contribution < -0.4 is 22.9 Å². The van der Waals surface area contributed by atoms with Crippen molar-refractivity contribution in [3.63, 3.8) is 0 Å². The molecule has 2 rings (SSSR count). The highest BCUT2D eigenvalue weighted by Gasteiger charge is 2.03. The quantitative estimate of drug-likeness (QED) is 0.350. The van der Waals surface area contributed by atoms with Crippen LogP contribution in [-0.4, -0.2) is 24.3 Å². The summed E-state index contributed by atoms with van der Waals surface area (Å²) in [4.78, 5) is 0. The Morgan fingerprint density at radius 2 is 1.39 bits per heavy atom. The van der Waals surface area contributed by atoms with Gasteiger partial charge in [0.2, 0.25) is 11.9 Å². The van der Waals surface area contributed by atoms with Gasteiger partial charge in [0.15, 0.2) is 0 Å². The molecule has 0 aliphatic carbocycles. The molecule has 2 aromatic rings. The highest BCUT2D eigenvalue weighted by Crippen LogP contribution is 2.21. The maximum atomic E-state index is 5.62. The van der Waals surface area contributed by atoms with Gasteiger partial charge in [0.25, 0.3) is 0 Å². The average molecular weight is 312 g/mol. The topological polar surface area (TPSA) is 167 Å². The van der Waals surface area contributed by atoms with E-state index >= 15 is 0 Å². The molecule has 0 saturated heterocycles. The second kappa shape index (κ2) is 7.41. The molecular weight excluding hydrogens is 296 g/mol. The number of rotatable bonds is 5. The van der Waals surface area contributed by atoms with Gasteiger partial charge in [-0.15, -0.1) is 10.2 Å². The van der Waals surface area contributed by atoms with Gasteiger partial charge in [0.05, 0.1) is 12.4 Å². The molecule has 0 unspecified atom stereocenters. The van der Waals surface area contributed by atoms with E-state index in [0.29, 0.717) is 11.5 Å². The summed E-state index contributed by atoms with van der Waals surface area (Å²) in [6, 6.07) is 11.1. The van der Waals surface area contributed by atoms with Crippen LogP contribution in [0.5, 0.6) is 0 Å². The van der Waals surface area contributed by atoms with Gasteiger partial charge >= 0.3 is 0 Å². The van der Waals surface area contributed by atoms with Crippen molar-refractivity contribution in [1.82, 2.24) is 0 Å². The smallest absolute Gasteiger partial charge is 0.211 e. The van der Waals surface area contributed by atoms with Crippen molar-refractivity contribution in [2.75, 3.05) is 0 Å². The van der Waals surface area contributed by atoms with Crippen LogP contribution in [0.3, 0.4) is 0 Å². The SMILES string of the molecule is NC(N)=N/N=C/c1ccc(-c2ccc(/C=N/N=C(N)N)o2)cc1. The van der Waals surface area contributed by atoms with Crippen LogP contribution >= 0.6 is 0 Å². The fourth-order valence-electron chi connectivity index (χ4n) is 1.63. The minimum atomic E-state index is -0.119. The summed E-state index contributed by atoms with van der Waals surface area (Å²) in [5.74, 6) is 1.00. The van der Waals surface area contributed by atoms with E-state index in [1.165, 1.54) is 6.21 Å². The summed E-state index contributed by atoms with van der Waals surface area (Å²) in [5.41, 5.74) is 22.4. The fourth-order valence-corrected chi connectivity index (χ4v) is 1.63. The van der Waals surface area contributed by atoms with E-state index in [1.807, 2.05) is 30.3 Å². The summed E-state index contributed by atoms with van der Waals surface area (Å²) < 4.78 is 5.62. The lowest BCUT2D eigenvalue weighted by Crippen LogP contribution is -2.21. The average Bonchev–Trinajstić information content (AvgIpc) is 2.96. The van der Waals surface area contributed by atoms with E-state index in [2.05, 4.69) is 20.4 Å². The first-order chi connectivity index (χ1) is 11.0. The van der Waals surface area contributed by atoms with Crippen LogP contribution in [0.25, 0.3) is 11.3 Å². The molecule has 0 amide bonds. The molecule has 0 spiro atoms. The summed E-state index contributed by atoms with van der Waals surface area (Å²) in [6.07, 6.45) is 2.96. The van der Waals surface area contributed by atoms with Gasteiger partial charge in [-0.2, -0.15) is 10.2 Å². The molecule has 9 nitrogen and oxygen atoms in total. The van der Waals surface area contributed by atoms with E-state index in [9.17, 15) is 0 Å². The van der Waals surface area contributed by atoms with E-state index in [1.54, 1.807) is 12.3 Å². The number of furan rings is 1. The standard InChI is InChI=1S/C14H16N8O/c15-13(16)21-19-7-9-1-3-10(4-2-9)12-6-5-11(23-12)8-20-22-14(17)18/h1-8H,(H4,15,16,21)(H4,17,18,22)/b19-7+,20-8+. The Kier molecular flexibility index (Phi) is 5.08. The second-order valence-corrected chi connectivity index (χ2v) is 4.36. The molecule has 0 aliphatic rings. The van der Waals surface area contributed by atoms with Gasteiger partial charge < -0.3 is 27.4 Å². The van der Waals surface area contributed by atoms with Crippen molar-refractivity contribution in [2.45, 2.75) is 0 Å². The van der Waals surface area contributed by atoms with Gasteiger partial charge in [-0.05, 0) is 17.7 Å². The van der Waals surface area contributed by atoms with Crippen LogP contribution in [0, 0.1) is 0 Å². The zero-order valence-corrected chi connectivity index (χ0v) is 12.1. The molecule has 8 N–H and O–H groups in total. The number of guanidine groups is 2. The molecular formula is C14H16N8O. The number of benzene rings is 1. The number of hydrogen-bond donors (Lipinski definition) is 4.